The molecule has 128 valence electrons. The molecule has 0 aliphatic rings. The van der Waals surface area contributed by atoms with Gasteiger partial charge in [-0.15, -0.1) is 0 Å². The van der Waals surface area contributed by atoms with Crippen LogP contribution in [0.15, 0.2) is 24.3 Å². The molecule has 8 nitrogen and oxygen atoms in total. The minimum absolute atomic E-state index is 0.0795. The van der Waals surface area contributed by atoms with Gasteiger partial charge in [0, 0.05) is 24.8 Å². The van der Waals surface area contributed by atoms with E-state index in [1.165, 1.54) is 0 Å². The number of hydrogen-bond acceptors (Lipinski definition) is 7. The third-order valence-electron chi connectivity index (χ3n) is 2.69. The Morgan fingerprint density at radius 1 is 1.25 bits per heavy atom. The Morgan fingerprint density at radius 2 is 2.04 bits per heavy atom. The summed E-state index contributed by atoms with van der Waals surface area (Å²) >= 11 is 11.7. The first-order valence-electron chi connectivity index (χ1n) is 6.96. The fourth-order valence-corrected chi connectivity index (χ4v) is 1.99. The topological polar surface area (TPSA) is 92.3 Å². The second kappa shape index (κ2) is 8.51. The molecule has 1 amide bonds. The van der Waals surface area contributed by atoms with Crippen molar-refractivity contribution in [2.45, 2.75) is 0 Å². The third kappa shape index (κ3) is 5.71. The van der Waals surface area contributed by atoms with Gasteiger partial charge in [0.05, 0.1) is 6.54 Å². The van der Waals surface area contributed by atoms with E-state index in [4.69, 9.17) is 27.9 Å². The quantitative estimate of drug-likeness (QED) is 0.755. The van der Waals surface area contributed by atoms with Crippen molar-refractivity contribution in [2.75, 3.05) is 42.8 Å². The average molecular weight is 371 g/mol. The molecule has 0 bridgehead atoms. The van der Waals surface area contributed by atoms with E-state index in [-0.39, 0.29) is 11.9 Å². The van der Waals surface area contributed by atoms with Gasteiger partial charge in [-0.2, -0.15) is 15.0 Å². The lowest BCUT2D eigenvalue weighted by molar-refractivity contribution is 0.166. The Bertz CT molecular complexity index is 713. The molecule has 0 aliphatic carbocycles. The lowest BCUT2D eigenvalue weighted by atomic mass is 10.3. The van der Waals surface area contributed by atoms with Crippen molar-refractivity contribution < 1.29 is 9.53 Å². The van der Waals surface area contributed by atoms with Crippen LogP contribution in [-0.2, 0) is 4.74 Å². The van der Waals surface area contributed by atoms with Gasteiger partial charge in [0.1, 0.15) is 6.61 Å². The van der Waals surface area contributed by atoms with Gasteiger partial charge in [0.15, 0.2) is 0 Å². The smallest absolute Gasteiger partial charge is 0.411 e. The van der Waals surface area contributed by atoms with Gasteiger partial charge in [-0.3, -0.25) is 5.32 Å². The van der Waals surface area contributed by atoms with Gasteiger partial charge in [-0.05, 0) is 29.8 Å². The number of carbonyl (C=O) groups is 1. The summed E-state index contributed by atoms with van der Waals surface area (Å²) < 4.78 is 5.05. The minimum atomic E-state index is -0.582. The van der Waals surface area contributed by atoms with Crippen molar-refractivity contribution in [1.29, 1.82) is 0 Å². The summed E-state index contributed by atoms with van der Waals surface area (Å²) in [5.74, 6) is 0.731. The summed E-state index contributed by atoms with van der Waals surface area (Å²) in [6.45, 7) is 0.434. The number of amides is 1. The van der Waals surface area contributed by atoms with E-state index in [0.29, 0.717) is 29.2 Å². The molecule has 0 fully saturated rings. The van der Waals surface area contributed by atoms with Crippen molar-refractivity contribution >= 4 is 46.9 Å². The highest BCUT2D eigenvalue weighted by molar-refractivity contribution is 6.30. The lowest BCUT2D eigenvalue weighted by Crippen LogP contribution is -2.20. The van der Waals surface area contributed by atoms with Crippen molar-refractivity contribution in [3.63, 3.8) is 0 Å². The SMILES string of the molecule is CN(C)c1nc(Cl)nc(NCCOC(=O)Nc2cccc(Cl)c2)n1. The van der Waals surface area contributed by atoms with Gasteiger partial charge in [0.25, 0.3) is 0 Å². The first-order valence-corrected chi connectivity index (χ1v) is 7.72. The second-order valence-corrected chi connectivity index (χ2v) is 5.60. The largest absolute Gasteiger partial charge is 0.447 e. The first-order chi connectivity index (χ1) is 11.4. The van der Waals surface area contributed by atoms with Crippen LogP contribution in [0, 0.1) is 0 Å². The van der Waals surface area contributed by atoms with Crippen LogP contribution in [0.3, 0.4) is 0 Å². The lowest BCUT2D eigenvalue weighted by Gasteiger charge is -2.12. The molecule has 1 aromatic heterocycles. The fraction of sp³-hybridized carbons (Fsp3) is 0.286. The maximum absolute atomic E-state index is 11.7. The second-order valence-electron chi connectivity index (χ2n) is 4.82. The number of aromatic nitrogens is 3. The Balaban J connectivity index is 1.77. The van der Waals surface area contributed by atoms with E-state index in [0.717, 1.165) is 0 Å². The van der Waals surface area contributed by atoms with Gasteiger partial charge in [0.2, 0.25) is 17.2 Å². The summed E-state index contributed by atoms with van der Waals surface area (Å²) in [5, 5.41) is 6.09. The Labute approximate surface area is 149 Å². The van der Waals surface area contributed by atoms with E-state index in [1.54, 1.807) is 43.3 Å². The Morgan fingerprint density at radius 3 is 2.75 bits per heavy atom. The molecule has 0 saturated heterocycles. The highest BCUT2D eigenvalue weighted by Crippen LogP contribution is 2.15. The number of ether oxygens (including phenoxy) is 1. The summed E-state index contributed by atoms with van der Waals surface area (Å²) in [4.78, 5) is 25.4. The molecular formula is C14H16Cl2N6O2. The summed E-state index contributed by atoms with van der Waals surface area (Å²) in [7, 11) is 3.58. The molecule has 24 heavy (non-hydrogen) atoms. The highest BCUT2D eigenvalue weighted by Gasteiger charge is 2.07. The summed E-state index contributed by atoms with van der Waals surface area (Å²) in [6.07, 6.45) is -0.582. The van der Waals surface area contributed by atoms with E-state index in [9.17, 15) is 4.79 Å². The van der Waals surface area contributed by atoms with Crippen molar-refractivity contribution in [1.82, 2.24) is 15.0 Å². The normalized spacial score (nSPS) is 10.2. The molecule has 2 N–H and O–H groups in total. The zero-order valence-electron chi connectivity index (χ0n) is 13.1. The summed E-state index contributed by atoms with van der Waals surface area (Å²) in [5.41, 5.74) is 0.556. The van der Waals surface area contributed by atoms with Crippen LogP contribution in [0.25, 0.3) is 0 Å². The van der Waals surface area contributed by atoms with Gasteiger partial charge < -0.3 is 15.0 Å². The molecule has 1 aromatic carbocycles. The van der Waals surface area contributed by atoms with Gasteiger partial charge in [-0.1, -0.05) is 17.7 Å². The number of carbonyl (C=O) groups excluding carboxylic acids is 1. The van der Waals surface area contributed by atoms with Crippen LogP contribution in [0.1, 0.15) is 0 Å². The minimum Gasteiger partial charge on any atom is -0.447 e. The van der Waals surface area contributed by atoms with Crippen LogP contribution in [0.5, 0.6) is 0 Å². The van der Waals surface area contributed by atoms with Crippen LogP contribution in [0.2, 0.25) is 10.3 Å². The van der Waals surface area contributed by atoms with Gasteiger partial charge in [-0.25, -0.2) is 4.79 Å². The predicted octanol–water partition coefficient (Wildman–Crippen LogP) is 2.91. The monoisotopic (exact) mass is 370 g/mol. The molecule has 0 aliphatic heterocycles. The average Bonchev–Trinajstić information content (AvgIpc) is 2.51. The van der Waals surface area contributed by atoms with Crippen LogP contribution in [-0.4, -0.2) is 48.3 Å². The molecule has 0 radical (unpaired) electrons. The third-order valence-corrected chi connectivity index (χ3v) is 3.09. The molecule has 0 atom stereocenters. The molecule has 0 spiro atoms. The van der Waals surface area contributed by atoms with Gasteiger partial charge >= 0.3 is 6.09 Å². The number of nitrogens with zero attached hydrogens (tertiary/aromatic N) is 4. The maximum atomic E-state index is 11.7. The fourth-order valence-electron chi connectivity index (χ4n) is 1.65. The summed E-state index contributed by atoms with van der Waals surface area (Å²) in [6, 6.07) is 6.77. The number of nitrogens with one attached hydrogen (secondary N) is 2. The zero-order valence-corrected chi connectivity index (χ0v) is 14.6. The van der Waals surface area contributed by atoms with Crippen LogP contribution >= 0.6 is 23.2 Å². The number of benzene rings is 1. The Hall–Kier alpha value is -2.32. The number of rotatable bonds is 6. The number of anilines is 3. The van der Waals surface area contributed by atoms with E-state index in [2.05, 4.69) is 25.6 Å². The molecule has 2 rings (SSSR count). The zero-order chi connectivity index (χ0) is 17.5. The highest BCUT2D eigenvalue weighted by atomic mass is 35.5. The first kappa shape index (κ1) is 18.0. The molecule has 0 unspecified atom stereocenters. The maximum Gasteiger partial charge on any atom is 0.411 e. The van der Waals surface area contributed by atoms with E-state index >= 15 is 0 Å². The van der Waals surface area contributed by atoms with E-state index in [1.807, 2.05) is 0 Å². The molecule has 10 heteroatoms. The Kier molecular flexibility index (Phi) is 6.39. The molecule has 2 aromatic rings. The predicted molar refractivity (Wildman–Crippen MR) is 94.1 cm³/mol. The number of halogens is 2. The van der Waals surface area contributed by atoms with Crippen molar-refractivity contribution in [3.05, 3.63) is 34.6 Å². The molecule has 1 heterocycles. The number of hydrogen-bond donors (Lipinski definition) is 2. The van der Waals surface area contributed by atoms with Crippen molar-refractivity contribution in [3.8, 4) is 0 Å². The van der Waals surface area contributed by atoms with Crippen LogP contribution in [0.4, 0.5) is 22.4 Å². The van der Waals surface area contributed by atoms with Crippen LogP contribution < -0.4 is 15.5 Å². The molecular weight excluding hydrogens is 355 g/mol. The molecule has 0 saturated carbocycles. The standard InChI is InChI=1S/C14H16Cl2N6O2/c1-22(2)13-20-11(16)19-12(21-13)17-6-7-24-14(23)18-10-5-3-4-9(15)8-10/h3-5,8H,6-7H2,1-2H3,(H,18,23)(H,17,19,20,21). The van der Waals surface area contributed by atoms with E-state index < -0.39 is 6.09 Å². The van der Waals surface area contributed by atoms with Crippen molar-refractivity contribution in [2.24, 2.45) is 0 Å².